The summed E-state index contributed by atoms with van der Waals surface area (Å²) in [6, 6.07) is 6.68. The van der Waals surface area contributed by atoms with Crippen LogP contribution >= 0.6 is 0 Å². The lowest BCUT2D eigenvalue weighted by molar-refractivity contribution is -0.0500. The Morgan fingerprint density at radius 2 is 1.96 bits per heavy atom. The van der Waals surface area contributed by atoms with Gasteiger partial charge in [0.2, 0.25) is 0 Å². The van der Waals surface area contributed by atoms with E-state index in [-0.39, 0.29) is 11.8 Å². The van der Waals surface area contributed by atoms with Crippen LogP contribution in [0, 0.1) is 0 Å². The van der Waals surface area contributed by atoms with Crippen molar-refractivity contribution in [1.82, 2.24) is 4.90 Å². The maximum atomic E-state index is 12.5. The number of amides is 1. The highest BCUT2D eigenvalue weighted by Crippen LogP contribution is 2.31. The van der Waals surface area contributed by atoms with Gasteiger partial charge in [0, 0.05) is 18.7 Å². The second-order valence-corrected chi connectivity index (χ2v) is 6.28. The summed E-state index contributed by atoms with van der Waals surface area (Å²) in [4.78, 5) is 13.6. The average molecular weight is 325 g/mol. The van der Waals surface area contributed by atoms with E-state index in [4.69, 9.17) is 4.74 Å². The first-order valence-corrected chi connectivity index (χ1v) is 7.47. The van der Waals surface area contributed by atoms with E-state index in [1.165, 1.54) is 6.07 Å². The number of para-hydroxylation sites is 1. The molecule has 0 atom stereocenters. The van der Waals surface area contributed by atoms with Crippen LogP contribution in [0.25, 0.3) is 5.57 Å². The maximum absolute atomic E-state index is 12.5. The van der Waals surface area contributed by atoms with Gasteiger partial charge in [-0.2, -0.15) is 8.78 Å². The van der Waals surface area contributed by atoms with E-state index >= 15 is 0 Å². The Hall–Kier alpha value is -2.11. The normalized spacial score (nSPS) is 15.4. The third-order valence-electron chi connectivity index (χ3n) is 3.31. The average Bonchev–Trinajstić information content (AvgIpc) is 2.45. The second-order valence-electron chi connectivity index (χ2n) is 6.28. The predicted octanol–water partition coefficient (Wildman–Crippen LogP) is 4.31. The minimum absolute atomic E-state index is 0.152. The summed E-state index contributed by atoms with van der Waals surface area (Å²) >= 11 is 0. The van der Waals surface area contributed by atoms with Crippen molar-refractivity contribution in [1.29, 1.82) is 0 Å². The third kappa shape index (κ3) is 4.94. The molecule has 0 aliphatic carbocycles. The largest absolute Gasteiger partial charge is 0.444 e. The van der Waals surface area contributed by atoms with E-state index in [0.29, 0.717) is 25.1 Å². The molecule has 4 nitrogen and oxygen atoms in total. The molecular formula is C17H21F2NO3. The number of hydrogen-bond acceptors (Lipinski definition) is 3. The number of carbonyl (C=O) groups is 1. The van der Waals surface area contributed by atoms with Gasteiger partial charge < -0.3 is 14.4 Å². The zero-order valence-corrected chi connectivity index (χ0v) is 13.5. The fourth-order valence-corrected chi connectivity index (χ4v) is 2.34. The lowest BCUT2D eigenvalue weighted by Crippen LogP contribution is -2.39. The minimum atomic E-state index is -2.86. The molecule has 0 spiro atoms. The Labute approximate surface area is 134 Å². The number of rotatable bonds is 3. The van der Waals surface area contributed by atoms with Gasteiger partial charge in [-0.05, 0) is 38.8 Å². The van der Waals surface area contributed by atoms with Crippen LogP contribution in [0.15, 0.2) is 30.3 Å². The van der Waals surface area contributed by atoms with Gasteiger partial charge in [0.15, 0.2) is 0 Å². The SMILES string of the molecule is CC(C)(C)OC(=O)N1CC=C(c2ccccc2OC(F)F)CC1. The summed E-state index contributed by atoms with van der Waals surface area (Å²) in [6.45, 7) is 3.44. The van der Waals surface area contributed by atoms with Crippen LogP contribution in [0.3, 0.4) is 0 Å². The Morgan fingerprint density at radius 1 is 1.26 bits per heavy atom. The topological polar surface area (TPSA) is 38.8 Å². The molecule has 0 radical (unpaired) electrons. The number of halogens is 2. The molecule has 0 aromatic heterocycles. The molecule has 0 bridgehead atoms. The second kappa shape index (κ2) is 6.98. The first kappa shape index (κ1) is 17.2. The lowest BCUT2D eigenvalue weighted by Gasteiger charge is -2.30. The van der Waals surface area contributed by atoms with Crippen molar-refractivity contribution in [2.45, 2.75) is 39.4 Å². The Bertz CT molecular complexity index is 594. The number of alkyl halides is 2. The molecule has 0 N–H and O–H groups in total. The van der Waals surface area contributed by atoms with Gasteiger partial charge in [-0.25, -0.2) is 4.79 Å². The van der Waals surface area contributed by atoms with Crippen molar-refractivity contribution in [2.24, 2.45) is 0 Å². The van der Waals surface area contributed by atoms with Crippen molar-refractivity contribution in [2.75, 3.05) is 13.1 Å². The van der Waals surface area contributed by atoms with E-state index in [0.717, 1.165) is 5.57 Å². The van der Waals surface area contributed by atoms with E-state index in [2.05, 4.69) is 4.74 Å². The van der Waals surface area contributed by atoms with Gasteiger partial charge in [0.25, 0.3) is 0 Å². The first-order chi connectivity index (χ1) is 10.8. The molecule has 0 saturated carbocycles. The molecule has 1 aliphatic rings. The van der Waals surface area contributed by atoms with Crippen molar-refractivity contribution in [3.8, 4) is 5.75 Å². The van der Waals surface area contributed by atoms with Crippen LogP contribution in [0.5, 0.6) is 5.75 Å². The van der Waals surface area contributed by atoms with Crippen molar-refractivity contribution >= 4 is 11.7 Å². The summed E-state index contributed by atoms with van der Waals surface area (Å²) in [6.07, 6.45) is 2.04. The molecule has 2 rings (SSSR count). The van der Waals surface area contributed by atoms with Gasteiger partial charge in [0.05, 0.1) is 0 Å². The smallest absolute Gasteiger partial charge is 0.410 e. The minimum Gasteiger partial charge on any atom is -0.444 e. The molecule has 1 heterocycles. The monoisotopic (exact) mass is 325 g/mol. The fraction of sp³-hybridized carbons (Fsp3) is 0.471. The van der Waals surface area contributed by atoms with E-state index in [1.807, 2.05) is 26.8 Å². The van der Waals surface area contributed by atoms with Crippen LogP contribution in [-0.4, -0.2) is 36.3 Å². The molecular weight excluding hydrogens is 304 g/mol. The van der Waals surface area contributed by atoms with Gasteiger partial charge >= 0.3 is 12.7 Å². The van der Waals surface area contributed by atoms with Gasteiger partial charge in [-0.15, -0.1) is 0 Å². The number of nitrogens with zero attached hydrogens (tertiary/aromatic N) is 1. The highest BCUT2D eigenvalue weighted by atomic mass is 19.3. The van der Waals surface area contributed by atoms with Crippen LogP contribution in [0.2, 0.25) is 0 Å². The first-order valence-electron chi connectivity index (χ1n) is 7.47. The zero-order chi connectivity index (χ0) is 17.0. The predicted molar refractivity (Wildman–Crippen MR) is 83.5 cm³/mol. The van der Waals surface area contributed by atoms with E-state index in [9.17, 15) is 13.6 Å². The van der Waals surface area contributed by atoms with Crippen LogP contribution in [0.1, 0.15) is 32.8 Å². The number of hydrogen-bond donors (Lipinski definition) is 0. The molecule has 0 fully saturated rings. The molecule has 0 saturated heterocycles. The van der Waals surface area contributed by atoms with Crippen molar-refractivity contribution < 1.29 is 23.0 Å². The zero-order valence-electron chi connectivity index (χ0n) is 13.5. The van der Waals surface area contributed by atoms with Gasteiger partial charge in [-0.1, -0.05) is 24.3 Å². The molecule has 1 aliphatic heterocycles. The highest BCUT2D eigenvalue weighted by molar-refractivity contribution is 5.75. The summed E-state index contributed by atoms with van der Waals surface area (Å²) in [5.41, 5.74) is 0.983. The van der Waals surface area contributed by atoms with Gasteiger partial charge in [0.1, 0.15) is 11.4 Å². The molecule has 6 heteroatoms. The van der Waals surface area contributed by atoms with Crippen molar-refractivity contribution in [3.05, 3.63) is 35.9 Å². The molecule has 126 valence electrons. The Balaban J connectivity index is 2.09. The van der Waals surface area contributed by atoms with Gasteiger partial charge in [-0.3, -0.25) is 0 Å². The third-order valence-corrected chi connectivity index (χ3v) is 3.31. The van der Waals surface area contributed by atoms with Crippen LogP contribution in [-0.2, 0) is 4.74 Å². The number of ether oxygens (including phenoxy) is 2. The highest BCUT2D eigenvalue weighted by Gasteiger charge is 2.24. The standard InChI is InChI=1S/C17H21F2NO3/c1-17(2,3)23-16(21)20-10-8-12(9-11-20)13-6-4-5-7-14(13)22-15(18)19/h4-8,15H,9-11H2,1-3H3. The molecule has 0 unspecified atom stereocenters. The maximum Gasteiger partial charge on any atom is 0.410 e. The molecule has 1 aromatic carbocycles. The number of benzene rings is 1. The molecule has 23 heavy (non-hydrogen) atoms. The van der Waals surface area contributed by atoms with E-state index < -0.39 is 12.2 Å². The summed E-state index contributed by atoms with van der Waals surface area (Å²) in [7, 11) is 0. The Kier molecular flexibility index (Phi) is 5.23. The van der Waals surface area contributed by atoms with E-state index in [1.54, 1.807) is 23.1 Å². The lowest BCUT2D eigenvalue weighted by atomic mass is 9.99. The fourth-order valence-electron chi connectivity index (χ4n) is 2.34. The van der Waals surface area contributed by atoms with Crippen LogP contribution in [0.4, 0.5) is 13.6 Å². The Morgan fingerprint density at radius 3 is 2.52 bits per heavy atom. The summed E-state index contributed by atoms with van der Waals surface area (Å²) in [5.74, 6) is 0.152. The van der Waals surface area contributed by atoms with Crippen molar-refractivity contribution in [3.63, 3.8) is 0 Å². The van der Waals surface area contributed by atoms with Crippen LogP contribution < -0.4 is 4.74 Å². The number of carbonyl (C=O) groups excluding carboxylic acids is 1. The molecule has 1 aromatic rings. The quantitative estimate of drug-likeness (QED) is 0.831. The summed E-state index contributed by atoms with van der Waals surface area (Å²) in [5, 5.41) is 0. The summed E-state index contributed by atoms with van der Waals surface area (Å²) < 4.78 is 34.9. The molecule has 1 amide bonds.